The number of halogens is 3. The summed E-state index contributed by atoms with van der Waals surface area (Å²) in [5, 5.41) is 0. The minimum atomic E-state index is -4.50. The first-order valence-corrected chi connectivity index (χ1v) is 10.5. The van der Waals surface area contributed by atoms with E-state index in [0.29, 0.717) is 24.3 Å². The van der Waals surface area contributed by atoms with Crippen molar-refractivity contribution in [1.82, 2.24) is 19.0 Å². The first kappa shape index (κ1) is 21.6. The molecular formula is C22H27F3N4O2. The number of amides is 1. The number of pyridine rings is 1. The van der Waals surface area contributed by atoms with Gasteiger partial charge in [-0.05, 0) is 36.0 Å². The molecule has 0 saturated carbocycles. The predicted octanol–water partition coefficient (Wildman–Crippen LogP) is 3.74. The van der Waals surface area contributed by atoms with E-state index in [9.17, 15) is 22.8 Å². The van der Waals surface area contributed by atoms with Crippen LogP contribution in [-0.4, -0.2) is 43.7 Å². The van der Waals surface area contributed by atoms with Gasteiger partial charge in [0.05, 0.1) is 17.3 Å². The largest absolute Gasteiger partial charge is 0.397 e. The van der Waals surface area contributed by atoms with Gasteiger partial charge in [0.1, 0.15) is 6.42 Å². The first-order chi connectivity index (χ1) is 14.3. The standard InChI is InChI=1S/C22H27F3N4O2/c1-21(2,3)12-29-17-8-7-16(26-19(17)27(4)20(29)31)15-9-14-6-5-13(15)11-28(14)18(30)10-22(23,24)25/h7-9,13-14H,5-6,10-12H2,1-4H3. The van der Waals surface area contributed by atoms with Crippen molar-refractivity contribution < 1.29 is 18.0 Å². The SMILES string of the molecule is Cn1c(=O)n(CC(C)(C)C)c2ccc(C3=CC4CCC3CN4C(=O)CC(F)(F)F)nc21. The van der Waals surface area contributed by atoms with Crippen LogP contribution in [0.15, 0.2) is 23.0 Å². The molecule has 2 atom stereocenters. The zero-order valence-electron chi connectivity index (χ0n) is 18.2. The third kappa shape index (κ3) is 4.14. The van der Waals surface area contributed by atoms with Crippen molar-refractivity contribution in [1.29, 1.82) is 0 Å². The van der Waals surface area contributed by atoms with Gasteiger partial charge < -0.3 is 4.90 Å². The minimum absolute atomic E-state index is 0.0548. The number of nitrogens with zero attached hydrogens (tertiary/aromatic N) is 4. The molecule has 2 bridgehead atoms. The highest BCUT2D eigenvalue weighted by molar-refractivity contribution is 5.81. The van der Waals surface area contributed by atoms with Crippen molar-refractivity contribution in [3.05, 3.63) is 34.4 Å². The van der Waals surface area contributed by atoms with Gasteiger partial charge in [-0.2, -0.15) is 13.2 Å². The van der Waals surface area contributed by atoms with E-state index in [2.05, 4.69) is 20.8 Å². The molecule has 6 nitrogen and oxygen atoms in total. The Bertz CT molecular complexity index is 1120. The van der Waals surface area contributed by atoms with Crippen LogP contribution in [0.1, 0.15) is 45.7 Å². The summed E-state index contributed by atoms with van der Waals surface area (Å²) in [6.07, 6.45) is -2.59. The number of imidazole rings is 1. The van der Waals surface area contributed by atoms with Gasteiger partial charge in [-0.3, -0.25) is 13.9 Å². The molecule has 1 amide bonds. The molecule has 1 fully saturated rings. The third-order valence-electron chi connectivity index (χ3n) is 6.02. The molecule has 31 heavy (non-hydrogen) atoms. The summed E-state index contributed by atoms with van der Waals surface area (Å²) in [5.41, 5.74) is 2.80. The summed E-state index contributed by atoms with van der Waals surface area (Å²) >= 11 is 0. The maximum Gasteiger partial charge on any atom is 0.397 e. The second-order valence-corrected chi connectivity index (χ2v) is 9.83. The lowest BCUT2D eigenvalue weighted by molar-refractivity contribution is -0.163. The summed E-state index contributed by atoms with van der Waals surface area (Å²) in [7, 11) is 1.69. The van der Waals surface area contributed by atoms with Crippen molar-refractivity contribution in [2.24, 2.45) is 18.4 Å². The van der Waals surface area contributed by atoms with Crippen molar-refractivity contribution in [3.63, 3.8) is 0 Å². The van der Waals surface area contributed by atoms with E-state index < -0.39 is 18.5 Å². The quantitative estimate of drug-likeness (QED) is 0.737. The van der Waals surface area contributed by atoms with Gasteiger partial charge in [-0.25, -0.2) is 9.78 Å². The number of rotatable bonds is 3. The van der Waals surface area contributed by atoms with Crippen molar-refractivity contribution >= 4 is 22.6 Å². The number of carbonyl (C=O) groups excluding carboxylic acids is 1. The van der Waals surface area contributed by atoms with Gasteiger partial charge in [0, 0.05) is 26.1 Å². The Labute approximate surface area is 178 Å². The molecule has 0 N–H and O–H groups in total. The number of alkyl halides is 3. The lowest BCUT2D eigenvalue weighted by Crippen LogP contribution is -2.50. The Balaban J connectivity index is 1.67. The van der Waals surface area contributed by atoms with E-state index in [1.165, 1.54) is 9.47 Å². The molecule has 5 rings (SSSR count). The zero-order chi connectivity index (χ0) is 22.7. The van der Waals surface area contributed by atoms with Gasteiger partial charge in [0.25, 0.3) is 0 Å². The summed E-state index contributed by atoms with van der Waals surface area (Å²) in [6.45, 7) is 7.03. The second kappa shape index (κ2) is 7.24. The Morgan fingerprint density at radius 2 is 1.90 bits per heavy atom. The van der Waals surface area contributed by atoms with Gasteiger partial charge >= 0.3 is 11.9 Å². The van der Waals surface area contributed by atoms with Crippen LogP contribution in [0.25, 0.3) is 16.7 Å². The smallest absolute Gasteiger partial charge is 0.335 e. The van der Waals surface area contributed by atoms with E-state index >= 15 is 0 Å². The van der Waals surface area contributed by atoms with Crippen molar-refractivity contribution in [3.8, 4) is 0 Å². The van der Waals surface area contributed by atoms with E-state index in [4.69, 9.17) is 4.98 Å². The summed E-state index contributed by atoms with van der Waals surface area (Å²) in [4.78, 5) is 31.0. The van der Waals surface area contributed by atoms with E-state index in [0.717, 1.165) is 17.5 Å². The molecule has 0 radical (unpaired) electrons. The van der Waals surface area contributed by atoms with Crippen LogP contribution in [0.3, 0.4) is 0 Å². The van der Waals surface area contributed by atoms with Crippen molar-refractivity contribution in [2.75, 3.05) is 6.54 Å². The molecule has 1 aliphatic carbocycles. The molecule has 2 aromatic rings. The fourth-order valence-electron chi connectivity index (χ4n) is 4.68. The second-order valence-electron chi connectivity index (χ2n) is 9.83. The molecule has 2 aliphatic heterocycles. The number of hydrogen-bond donors (Lipinski definition) is 0. The van der Waals surface area contributed by atoms with Crippen LogP contribution in [0.5, 0.6) is 0 Å². The summed E-state index contributed by atoms with van der Waals surface area (Å²) in [6, 6.07) is 3.41. The Hall–Kier alpha value is -2.58. The third-order valence-corrected chi connectivity index (χ3v) is 6.02. The van der Waals surface area contributed by atoms with Gasteiger partial charge in [-0.15, -0.1) is 0 Å². The number of piperidine rings is 1. The zero-order valence-corrected chi connectivity index (χ0v) is 18.2. The Morgan fingerprint density at radius 1 is 1.19 bits per heavy atom. The molecule has 168 valence electrons. The number of carbonyl (C=O) groups is 1. The molecule has 9 heteroatoms. The monoisotopic (exact) mass is 436 g/mol. The van der Waals surface area contributed by atoms with E-state index in [1.54, 1.807) is 11.6 Å². The van der Waals surface area contributed by atoms with Crippen LogP contribution in [0, 0.1) is 11.3 Å². The van der Waals surface area contributed by atoms with Gasteiger partial charge in [0.15, 0.2) is 5.65 Å². The normalized spacial score (nSPS) is 21.6. The number of aryl methyl sites for hydroxylation is 1. The van der Waals surface area contributed by atoms with E-state index in [-0.39, 0.29) is 29.6 Å². The summed E-state index contributed by atoms with van der Waals surface area (Å²) < 4.78 is 41.3. The maximum absolute atomic E-state index is 12.7. The predicted molar refractivity (Wildman–Crippen MR) is 111 cm³/mol. The number of fused-ring (bicyclic) bond motifs is 3. The lowest BCUT2D eigenvalue weighted by atomic mass is 9.78. The average molecular weight is 436 g/mol. The highest BCUT2D eigenvalue weighted by Crippen LogP contribution is 2.40. The van der Waals surface area contributed by atoms with Crippen LogP contribution in [-0.2, 0) is 18.4 Å². The van der Waals surface area contributed by atoms with Crippen LogP contribution >= 0.6 is 0 Å². The molecule has 4 heterocycles. The van der Waals surface area contributed by atoms with Crippen LogP contribution < -0.4 is 5.69 Å². The maximum atomic E-state index is 12.7. The Morgan fingerprint density at radius 3 is 2.48 bits per heavy atom. The fourth-order valence-corrected chi connectivity index (χ4v) is 4.68. The molecule has 2 unspecified atom stereocenters. The number of hydrogen-bond acceptors (Lipinski definition) is 3. The van der Waals surface area contributed by atoms with Crippen LogP contribution in [0.2, 0.25) is 0 Å². The molecule has 1 saturated heterocycles. The average Bonchev–Trinajstić information content (AvgIpc) is 2.90. The summed E-state index contributed by atoms with van der Waals surface area (Å²) in [5.74, 6) is -0.927. The first-order valence-electron chi connectivity index (χ1n) is 10.5. The highest BCUT2D eigenvalue weighted by Gasteiger charge is 2.41. The molecule has 0 aromatic carbocycles. The van der Waals surface area contributed by atoms with Gasteiger partial charge in [-0.1, -0.05) is 26.8 Å². The lowest BCUT2D eigenvalue weighted by Gasteiger charge is -2.44. The van der Waals surface area contributed by atoms with E-state index in [1.807, 2.05) is 18.2 Å². The molecule has 0 spiro atoms. The molecular weight excluding hydrogens is 409 g/mol. The molecule has 2 aromatic heterocycles. The fraction of sp³-hybridized carbons (Fsp3) is 0.591. The van der Waals surface area contributed by atoms with Crippen LogP contribution in [0.4, 0.5) is 13.2 Å². The van der Waals surface area contributed by atoms with Gasteiger partial charge in [0.2, 0.25) is 5.91 Å². The number of aromatic nitrogens is 3. The molecule has 3 aliphatic rings. The topological polar surface area (TPSA) is 60.1 Å². The Kier molecular flexibility index (Phi) is 5.05. The highest BCUT2D eigenvalue weighted by atomic mass is 19.4. The van der Waals surface area contributed by atoms with Crippen molar-refractivity contribution in [2.45, 2.75) is 58.8 Å². The minimum Gasteiger partial charge on any atom is -0.335 e.